The second-order valence-electron chi connectivity index (χ2n) is 3.99. The third-order valence-corrected chi connectivity index (χ3v) is 2.22. The maximum atomic E-state index is 13.2. The van der Waals surface area contributed by atoms with Crippen molar-refractivity contribution in [1.29, 1.82) is 0 Å². The lowest BCUT2D eigenvalue weighted by molar-refractivity contribution is -0.833. The van der Waals surface area contributed by atoms with Gasteiger partial charge in [-0.15, -0.1) is 0 Å². The number of carbonyl (C=O) groups is 1. The zero-order chi connectivity index (χ0) is 19.1. The molecule has 0 aromatic carbocycles. The molecule has 0 heterocycles. The molecule has 15 nitrogen and oxygen atoms in total. The molecule has 17 heteroatoms. The first-order chi connectivity index (χ1) is 10.9. The van der Waals surface area contributed by atoms with Gasteiger partial charge >= 0.3 is 11.8 Å². The Labute approximate surface area is 128 Å². The van der Waals surface area contributed by atoms with Gasteiger partial charge in [-0.25, -0.2) is 0 Å². The van der Waals surface area contributed by atoms with Crippen molar-refractivity contribution in [1.82, 2.24) is 0 Å². The Morgan fingerprint density at radius 2 is 1.00 bits per heavy atom. The van der Waals surface area contributed by atoms with Crippen LogP contribution in [0.3, 0.4) is 0 Å². The SMILES string of the molecule is O=C(COCC(F)([N+](=O)[O-])[N+](=O)[O-])COCC(F)([N+](=O)[O-])[N+](=O)[O-]. The maximum Gasteiger partial charge on any atom is 0.637 e. The summed E-state index contributed by atoms with van der Waals surface area (Å²) in [5.41, 5.74) is 0. The smallest absolute Gasteiger partial charge is 0.356 e. The fourth-order valence-electron chi connectivity index (χ4n) is 0.975. The van der Waals surface area contributed by atoms with Crippen molar-refractivity contribution in [3.8, 4) is 0 Å². The van der Waals surface area contributed by atoms with Crippen LogP contribution in [0.25, 0.3) is 0 Å². The number of halogens is 2. The lowest BCUT2D eigenvalue weighted by Crippen LogP contribution is -2.47. The van der Waals surface area contributed by atoms with Gasteiger partial charge in [0, 0.05) is 0 Å². The molecule has 0 unspecified atom stereocenters. The fourth-order valence-corrected chi connectivity index (χ4v) is 0.975. The molecule has 24 heavy (non-hydrogen) atoms. The summed E-state index contributed by atoms with van der Waals surface area (Å²) in [5, 5.41) is 40.7. The molecule has 0 spiro atoms. The summed E-state index contributed by atoms with van der Waals surface area (Å²) < 4.78 is 34.6. The van der Waals surface area contributed by atoms with Crippen molar-refractivity contribution in [3.05, 3.63) is 40.5 Å². The lowest BCUT2D eigenvalue weighted by atomic mass is 10.4. The minimum atomic E-state index is -4.20. The summed E-state index contributed by atoms with van der Waals surface area (Å²) in [4.78, 5) is 44.2. The average Bonchev–Trinajstić information content (AvgIpc) is 2.45. The molecule has 0 N–H and O–H groups in total. The summed E-state index contributed by atoms with van der Waals surface area (Å²) in [7, 11) is 0. The van der Waals surface area contributed by atoms with Crippen LogP contribution < -0.4 is 0 Å². The highest BCUT2D eigenvalue weighted by molar-refractivity contribution is 5.80. The summed E-state index contributed by atoms with van der Waals surface area (Å²) in [6.45, 7) is -5.81. The van der Waals surface area contributed by atoms with Gasteiger partial charge in [0.1, 0.15) is 32.9 Å². The van der Waals surface area contributed by atoms with E-state index in [1.54, 1.807) is 0 Å². The number of nitro groups is 4. The van der Waals surface area contributed by atoms with Crippen molar-refractivity contribution in [2.45, 2.75) is 11.8 Å². The number of Topliss-reactive ketones (excluding diaryl/α,β-unsaturated/α-hetero) is 1. The predicted octanol–water partition coefficient (Wildman–Crippen LogP) is -1.06. The Bertz CT molecular complexity index is 480. The highest BCUT2D eigenvalue weighted by atomic mass is 19.2. The predicted molar refractivity (Wildman–Crippen MR) is 62.3 cm³/mol. The topological polar surface area (TPSA) is 208 Å². The van der Waals surface area contributed by atoms with E-state index in [1.165, 1.54) is 0 Å². The minimum Gasteiger partial charge on any atom is -0.356 e. The number of ketones is 1. The van der Waals surface area contributed by atoms with E-state index in [4.69, 9.17) is 0 Å². The third-order valence-electron chi connectivity index (χ3n) is 2.22. The largest absolute Gasteiger partial charge is 0.637 e. The van der Waals surface area contributed by atoms with Crippen LogP contribution in [0.4, 0.5) is 8.78 Å². The quantitative estimate of drug-likeness (QED) is 0.177. The maximum absolute atomic E-state index is 13.2. The van der Waals surface area contributed by atoms with E-state index in [-0.39, 0.29) is 0 Å². The van der Waals surface area contributed by atoms with Gasteiger partial charge in [-0.3, -0.25) is 45.3 Å². The van der Waals surface area contributed by atoms with Gasteiger partial charge in [0.05, 0.1) is 0 Å². The van der Waals surface area contributed by atoms with Gasteiger partial charge in [-0.1, -0.05) is 8.78 Å². The van der Waals surface area contributed by atoms with Crippen LogP contribution in [0.15, 0.2) is 0 Å². The molecule has 0 saturated carbocycles. The molecule has 0 aromatic heterocycles. The normalized spacial score (nSPS) is 11.8. The molecule has 0 atom stereocenters. The monoisotopic (exact) mass is 362 g/mol. The zero-order valence-corrected chi connectivity index (χ0v) is 11.4. The Balaban J connectivity index is 4.39. The summed E-state index contributed by atoms with van der Waals surface area (Å²) in [6, 6.07) is 0. The van der Waals surface area contributed by atoms with Gasteiger partial charge in [-0.2, -0.15) is 0 Å². The molecular formula is C7H8F2N4O11. The average molecular weight is 362 g/mol. The number of rotatable bonds is 12. The molecule has 0 aliphatic carbocycles. The Morgan fingerprint density at radius 1 is 0.750 bits per heavy atom. The summed E-state index contributed by atoms with van der Waals surface area (Å²) in [6.07, 6.45) is 0. The molecule has 0 aliphatic heterocycles. The van der Waals surface area contributed by atoms with E-state index >= 15 is 0 Å². The van der Waals surface area contributed by atoms with Crippen molar-refractivity contribution < 1.29 is 42.7 Å². The summed E-state index contributed by atoms with van der Waals surface area (Å²) >= 11 is 0. The molecule has 136 valence electrons. The third kappa shape index (κ3) is 5.05. The minimum absolute atomic E-state index is 1.16. The highest BCUT2D eigenvalue weighted by Gasteiger charge is 2.59. The Kier molecular flexibility index (Phi) is 7.07. The van der Waals surface area contributed by atoms with Crippen LogP contribution in [-0.2, 0) is 14.3 Å². The number of ether oxygens (including phenoxy) is 2. The van der Waals surface area contributed by atoms with E-state index < -0.39 is 63.7 Å². The van der Waals surface area contributed by atoms with E-state index in [0.29, 0.717) is 0 Å². The van der Waals surface area contributed by atoms with Gasteiger partial charge in [-0.05, 0) is 0 Å². The first kappa shape index (κ1) is 21.0. The number of alkyl halides is 2. The fraction of sp³-hybridized carbons (Fsp3) is 0.857. The molecule has 0 saturated heterocycles. The molecule has 0 fully saturated rings. The van der Waals surface area contributed by atoms with Gasteiger partial charge in [0.2, 0.25) is 13.2 Å². The first-order valence-corrected chi connectivity index (χ1v) is 5.51. The Hall–Kier alpha value is -2.95. The van der Waals surface area contributed by atoms with E-state index in [0.717, 1.165) is 0 Å². The first-order valence-electron chi connectivity index (χ1n) is 5.51. The van der Waals surface area contributed by atoms with Crippen LogP contribution in [0.1, 0.15) is 0 Å². The highest BCUT2D eigenvalue weighted by Crippen LogP contribution is 2.14. The number of hydrogen-bond acceptors (Lipinski definition) is 11. The molecule has 0 amide bonds. The van der Waals surface area contributed by atoms with Crippen molar-refractivity contribution in [3.63, 3.8) is 0 Å². The lowest BCUT2D eigenvalue weighted by Gasteiger charge is -2.09. The van der Waals surface area contributed by atoms with Gasteiger partial charge < -0.3 is 9.47 Å². The second kappa shape index (κ2) is 8.06. The molecule has 0 bridgehead atoms. The van der Waals surface area contributed by atoms with Gasteiger partial charge in [0.15, 0.2) is 5.78 Å². The molecule has 0 rings (SSSR count). The summed E-state index contributed by atoms with van der Waals surface area (Å²) in [5.74, 6) is -9.60. The molecule has 0 aromatic rings. The number of carbonyl (C=O) groups excluding carboxylic acids is 1. The molecule has 0 radical (unpaired) electrons. The van der Waals surface area contributed by atoms with E-state index in [9.17, 15) is 54.0 Å². The van der Waals surface area contributed by atoms with Gasteiger partial charge in [0.25, 0.3) is 0 Å². The zero-order valence-electron chi connectivity index (χ0n) is 11.4. The second-order valence-corrected chi connectivity index (χ2v) is 3.99. The Morgan fingerprint density at radius 3 is 1.21 bits per heavy atom. The van der Waals surface area contributed by atoms with Crippen LogP contribution >= 0.6 is 0 Å². The number of nitrogens with zero attached hydrogens (tertiary/aromatic N) is 4. The van der Waals surface area contributed by atoms with Crippen molar-refractivity contribution in [2.75, 3.05) is 26.4 Å². The van der Waals surface area contributed by atoms with E-state index in [1.807, 2.05) is 0 Å². The molecule has 0 aliphatic rings. The van der Waals surface area contributed by atoms with Crippen LogP contribution in [-0.4, -0.2) is 63.7 Å². The van der Waals surface area contributed by atoms with Crippen LogP contribution in [0.2, 0.25) is 0 Å². The van der Waals surface area contributed by atoms with E-state index in [2.05, 4.69) is 9.47 Å². The van der Waals surface area contributed by atoms with Crippen LogP contribution in [0.5, 0.6) is 0 Å². The number of hydrogen-bond donors (Lipinski definition) is 0. The molecular weight excluding hydrogens is 354 g/mol. The van der Waals surface area contributed by atoms with Crippen LogP contribution in [0, 0.1) is 40.5 Å². The van der Waals surface area contributed by atoms with Crippen molar-refractivity contribution in [2.24, 2.45) is 0 Å². The van der Waals surface area contributed by atoms with Crippen molar-refractivity contribution >= 4 is 5.78 Å². The standard InChI is InChI=1S/C7H8F2N4O11/c8-6(10(15)16,11(17)18)3-23-1-5(14)2-24-4-7(9,12(19)20)13(21)22/h1-4H2.